The summed E-state index contributed by atoms with van der Waals surface area (Å²) in [6, 6.07) is -1.56. The molecule has 1 aliphatic carbocycles. The van der Waals surface area contributed by atoms with Crippen molar-refractivity contribution in [2.75, 3.05) is 19.8 Å². The lowest BCUT2D eigenvalue weighted by atomic mass is 9.88. The van der Waals surface area contributed by atoms with Gasteiger partial charge in [0, 0.05) is 31.1 Å². The summed E-state index contributed by atoms with van der Waals surface area (Å²) in [6.45, 7) is 2.49. The first-order valence-corrected chi connectivity index (χ1v) is 25.3. The Morgan fingerprint density at radius 3 is 1.74 bits per heavy atom. The van der Waals surface area contributed by atoms with Gasteiger partial charge in [-0.1, -0.05) is 167 Å². The van der Waals surface area contributed by atoms with Gasteiger partial charge in [0.15, 0.2) is 6.10 Å². The van der Waals surface area contributed by atoms with E-state index in [0.717, 1.165) is 51.4 Å². The molecular formula is C46H84NO13P. The third-order valence-corrected chi connectivity index (χ3v) is 12.4. The van der Waals surface area contributed by atoms with Crippen LogP contribution in [0.3, 0.4) is 0 Å². The van der Waals surface area contributed by atoms with Crippen molar-refractivity contribution in [2.24, 2.45) is 17.6 Å². The maximum Gasteiger partial charge on any atom is 0.472 e. The van der Waals surface area contributed by atoms with Crippen molar-refractivity contribution in [1.82, 2.24) is 0 Å². The first kappa shape index (κ1) is 56.8. The van der Waals surface area contributed by atoms with E-state index in [1.54, 1.807) is 12.2 Å². The van der Waals surface area contributed by atoms with Crippen molar-refractivity contribution in [2.45, 2.75) is 224 Å². The number of carbonyl (C=O) groups excluding carboxylic acids is 3. The molecule has 0 aromatic carbocycles. The summed E-state index contributed by atoms with van der Waals surface area (Å²) in [5.74, 6) is -3.15. The maximum atomic E-state index is 12.7. The van der Waals surface area contributed by atoms with Gasteiger partial charge in [-0.15, -0.1) is 0 Å². The number of Topliss-reactive ketones (excluding diaryl/α,β-unsaturated/α-hetero) is 1. The fourth-order valence-corrected chi connectivity index (χ4v) is 8.39. The van der Waals surface area contributed by atoms with Gasteiger partial charge in [0.2, 0.25) is 0 Å². The van der Waals surface area contributed by atoms with Crippen LogP contribution in [0.1, 0.15) is 200 Å². The molecule has 61 heavy (non-hydrogen) atoms. The Kier molecular flexibility index (Phi) is 33.7. The lowest BCUT2D eigenvalue weighted by Crippen LogP contribution is -2.34. The SMILES string of the molecule is CCCCCCCCCCCCCCCCCCCC(=O)O[C@H](COC(=O)CCCCCC[C@H]1C(=O)C[C@@H](O)[C@@H]1/C=C/[C@@H](O)CCCCC)COP(=O)(O)OC[C@H](N)C(=O)O. The number of carboxylic acid groups (broad SMARTS) is 1. The van der Waals surface area contributed by atoms with Crippen LogP contribution in [0.2, 0.25) is 0 Å². The summed E-state index contributed by atoms with van der Waals surface area (Å²) in [5.41, 5.74) is 5.34. The molecule has 1 fully saturated rings. The molecule has 0 aromatic heterocycles. The van der Waals surface area contributed by atoms with Gasteiger partial charge in [-0.2, -0.15) is 0 Å². The minimum atomic E-state index is -4.77. The smallest absolute Gasteiger partial charge is 0.472 e. The van der Waals surface area contributed by atoms with E-state index in [1.807, 2.05) is 0 Å². The van der Waals surface area contributed by atoms with E-state index < -0.39 is 69.9 Å². The number of carbonyl (C=O) groups is 4. The van der Waals surface area contributed by atoms with Crippen molar-refractivity contribution >= 4 is 31.5 Å². The molecule has 1 rings (SSSR count). The van der Waals surface area contributed by atoms with E-state index in [4.69, 9.17) is 24.8 Å². The molecule has 0 aromatic rings. The van der Waals surface area contributed by atoms with Gasteiger partial charge in [0.1, 0.15) is 18.4 Å². The molecule has 0 spiro atoms. The Balaban J connectivity index is 2.41. The quantitative estimate of drug-likeness (QED) is 0.0167. The molecule has 1 unspecified atom stereocenters. The van der Waals surface area contributed by atoms with Gasteiger partial charge in [-0.25, -0.2) is 4.57 Å². The van der Waals surface area contributed by atoms with Crippen LogP contribution in [0.15, 0.2) is 12.2 Å². The normalized spacial score (nSPS) is 19.2. The zero-order valence-electron chi connectivity index (χ0n) is 37.7. The van der Waals surface area contributed by atoms with E-state index in [2.05, 4.69) is 18.4 Å². The number of ketones is 1. The van der Waals surface area contributed by atoms with E-state index in [0.29, 0.717) is 32.1 Å². The number of nitrogens with two attached hydrogens (primary N) is 1. The van der Waals surface area contributed by atoms with Crippen LogP contribution in [-0.4, -0.2) is 88.1 Å². The van der Waals surface area contributed by atoms with Crippen LogP contribution in [0, 0.1) is 11.8 Å². The molecule has 7 atom stereocenters. The molecule has 1 saturated carbocycles. The molecule has 356 valence electrons. The number of unbranched alkanes of at least 4 members (excludes halogenated alkanes) is 21. The number of phosphoric acid groups is 1. The van der Waals surface area contributed by atoms with Crippen molar-refractivity contribution < 1.29 is 62.5 Å². The van der Waals surface area contributed by atoms with Crippen molar-refractivity contribution in [3.8, 4) is 0 Å². The zero-order chi connectivity index (χ0) is 45.1. The van der Waals surface area contributed by atoms with Gasteiger partial charge in [0.25, 0.3) is 0 Å². The number of esters is 2. The zero-order valence-corrected chi connectivity index (χ0v) is 38.6. The number of ether oxygens (including phenoxy) is 2. The summed E-state index contributed by atoms with van der Waals surface area (Å²) in [4.78, 5) is 58.9. The average molecular weight is 890 g/mol. The third kappa shape index (κ3) is 30.5. The second kappa shape index (κ2) is 36.2. The number of aliphatic hydroxyl groups is 2. The van der Waals surface area contributed by atoms with Crippen molar-refractivity contribution in [3.05, 3.63) is 12.2 Å². The lowest BCUT2D eigenvalue weighted by molar-refractivity contribution is -0.161. The Morgan fingerprint density at radius 1 is 0.721 bits per heavy atom. The second-order valence-corrected chi connectivity index (χ2v) is 18.5. The first-order chi connectivity index (χ1) is 29.3. The number of aliphatic hydroxyl groups excluding tert-OH is 2. The Bertz CT molecular complexity index is 1250. The Labute approximate surface area is 367 Å². The summed E-state index contributed by atoms with van der Waals surface area (Å²) in [6.07, 6.45) is 28.9. The summed E-state index contributed by atoms with van der Waals surface area (Å²) >= 11 is 0. The highest BCUT2D eigenvalue weighted by molar-refractivity contribution is 7.47. The minimum Gasteiger partial charge on any atom is -0.480 e. The van der Waals surface area contributed by atoms with Gasteiger partial charge in [0.05, 0.1) is 25.4 Å². The lowest BCUT2D eigenvalue weighted by Gasteiger charge is -2.20. The molecule has 14 nitrogen and oxygen atoms in total. The molecule has 0 heterocycles. The van der Waals surface area contributed by atoms with E-state index in [1.165, 1.54) is 83.5 Å². The third-order valence-electron chi connectivity index (χ3n) is 11.4. The molecule has 0 radical (unpaired) electrons. The van der Waals surface area contributed by atoms with Gasteiger partial charge in [-0.3, -0.25) is 28.2 Å². The number of rotatable bonds is 41. The van der Waals surface area contributed by atoms with E-state index in [9.17, 15) is 38.8 Å². The highest BCUT2D eigenvalue weighted by atomic mass is 31.2. The Hall–Kier alpha value is -2.19. The average Bonchev–Trinajstić information content (AvgIpc) is 3.49. The number of hydrogen-bond acceptors (Lipinski definition) is 12. The van der Waals surface area contributed by atoms with Crippen LogP contribution in [0.4, 0.5) is 0 Å². The molecule has 0 saturated heterocycles. The van der Waals surface area contributed by atoms with Crippen molar-refractivity contribution in [1.29, 1.82) is 0 Å². The predicted octanol–water partition coefficient (Wildman–Crippen LogP) is 9.43. The molecule has 1 aliphatic rings. The highest BCUT2D eigenvalue weighted by Gasteiger charge is 2.39. The fourth-order valence-electron chi connectivity index (χ4n) is 7.61. The second-order valence-electron chi connectivity index (χ2n) is 17.0. The molecule has 0 bridgehead atoms. The molecule has 6 N–H and O–H groups in total. The molecule has 0 aliphatic heterocycles. The van der Waals surface area contributed by atoms with Crippen molar-refractivity contribution in [3.63, 3.8) is 0 Å². The van der Waals surface area contributed by atoms with E-state index in [-0.39, 0.29) is 36.9 Å². The topological polar surface area (TPSA) is 229 Å². The van der Waals surface area contributed by atoms with Crippen LogP contribution >= 0.6 is 7.82 Å². The standard InChI is InChI=1S/C46H84NO13P/c1-3-5-7-8-9-10-11-12-13-14-15-16-17-18-19-20-26-30-45(52)60-38(35-58-61(55,56)59-36-41(47)46(53)54)34-57-44(51)29-25-22-21-24-28-39-40(43(50)33-42(39)49)32-31-37(48)27-23-6-4-2/h31-32,37-41,43,48,50H,3-30,33-36,47H2,1-2H3,(H,53,54)(H,55,56)/b32-31+/t37-,38+,39+,40+,41-,43+/m0/s1. The molecule has 0 amide bonds. The summed E-state index contributed by atoms with van der Waals surface area (Å²) in [5, 5.41) is 29.6. The highest BCUT2D eigenvalue weighted by Crippen LogP contribution is 2.43. The fraction of sp³-hybridized carbons (Fsp3) is 0.870. The van der Waals surface area contributed by atoms with Crippen LogP contribution in [0.5, 0.6) is 0 Å². The first-order valence-electron chi connectivity index (χ1n) is 23.8. The van der Waals surface area contributed by atoms with Crippen LogP contribution in [0.25, 0.3) is 0 Å². The number of hydrogen-bond donors (Lipinski definition) is 5. The number of aliphatic carboxylic acids is 1. The predicted molar refractivity (Wildman–Crippen MR) is 237 cm³/mol. The summed E-state index contributed by atoms with van der Waals surface area (Å²) < 4.78 is 32.8. The van der Waals surface area contributed by atoms with Crippen LogP contribution in [-0.2, 0) is 42.3 Å². The van der Waals surface area contributed by atoms with Gasteiger partial charge in [-0.05, 0) is 25.7 Å². The summed E-state index contributed by atoms with van der Waals surface area (Å²) in [7, 11) is -4.77. The van der Waals surface area contributed by atoms with Gasteiger partial charge >= 0.3 is 25.7 Å². The van der Waals surface area contributed by atoms with Gasteiger partial charge < -0.3 is 35.4 Å². The van der Waals surface area contributed by atoms with E-state index >= 15 is 0 Å². The monoisotopic (exact) mass is 890 g/mol. The largest absolute Gasteiger partial charge is 0.480 e. The van der Waals surface area contributed by atoms with Crippen LogP contribution < -0.4 is 5.73 Å². The Morgan fingerprint density at radius 2 is 1.20 bits per heavy atom. The molecule has 15 heteroatoms. The maximum absolute atomic E-state index is 12.7. The number of carboxylic acids is 1. The minimum absolute atomic E-state index is 0.0265. The number of phosphoric ester groups is 1. The molecular weight excluding hydrogens is 805 g/mol.